The standard InChI is InChI=1S/C26H30N4O/c1-20-5-4-15-29(16-13-20)25-12-9-22(17-28-25)19-30(24-10-7-21(2)8-11-24)26(31)23-6-3-14-27-18-23/h3,6-12,14,17-18,20H,4-5,13,15-16,19H2,1-2H3. The Labute approximate surface area is 184 Å². The Kier molecular flexibility index (Phi) is 6.60. The second-order valence-corrected chi connectivity index (χ2v) is 8.52. The summed E-state index contributed by atoms with van der Waals surface area (Å²) < 4.78 is 0. The number of pyridine rings is 2. The number of anilines is 2. The van der Waals surface area contributed by atoms with E-state index in [4.69, 9.17) is 4.98 Å². The third-order valence-electron chi connectivity index (χ3n) is 5.99. The summed E-state index contributed by atoms with van der Waals surface area (Å²) in [4.78, 5) is 26.3. The highest BCUT2D eigenvalue weighted by Gasteiger charge is 2.19. The minimum absolute atomic E-state index is 0.0671. The monoisotopic (exact) mass is 414 g/mol. The van der Waals surface area contributed by atoms with E-state index in [2.05, 4.69) is 28.9 Å². The lowest BCUT2D eigenvalue weighted by Gasteiger charge is -2.24. The van der Waals surface area contributed by atoms with Crippen LogP contribution in [0.5, 0.6) is 0 Å². The topological polar surface area (TPSA) is 49.3 Å². The molecule has 0 aliphatic carbocycles. The van der Waals surface area contributed by atoms with Gasteiger partial charge in [0.15, 0.2) is 0 Å². The Morgan fingerprint density at radius 2 is 1.90 bits per heavy atom. The average Bonchev–Trinajstić information content (AvgIpc) is 3.03. The Bertz CT molecular complexity index is 986. The molecule has 0 saturated carbocycles. The number of aryl methyl sites for hydroxylation is 1. The first kappa shape index (κ1) is 21.0. The molecule has 0 bridgehead atoms. The van der Waals surface area contributed by atoms with Gasteiger partial charge in [-0.05, 0) is 68.0 Å². The molecule has 1 saturated heterocycles. The molecule has 4 rings (SSSR count). The summed E-state index contributed by atoms with van der Waals surface area (Å²) in [6.45, 7) is 6.96. The third-order valence-corrected chi connectivity index (χ3v) is 5.99. The fourth-order valence-corrected chi connectivity index (χ4v) is 4.02. The van der Waals surface area contributed by atoms with Crippen LogP contribution in [0.4, 0.5) is 11.5 Å². The Balaban J connectivity index is 1.55. The molecule has 0 radical (unpaired) electrons. The Morgan fingerprint density at radius 3 is 2.61 bits per heavy atom. The zero-order valence-corrected chi connectivity index (χ0v) is 18.4. The summed E-state index contributed by atoms with van der Waals surface area (Å²) in [5.74, 6) is 1.74. The number of benzene rings is 1. The smallest absolute Gasteiger partial charge is 0.260 e. The summed E-state index contributed by atoms with van der Waals surface area (Å²) in [6.07, 6.45) is 8.91. The van der Waals surface area contributed by atoms with Gasteiger partial charge in [-0.25, -0.2) is 4.98 Å². The number of aromatic nitrogens is 2. The zero-order valence-electron chi connectivity index (χ0n) is 18.4. The summed E-state index contributed by atoms with van der Waals surface area (Å²) in [7, 11) is 0. The van der Waals surface area contributed by atoms with E-state index >= 15 is 0 Å². The molecule has 1 fully saturated rings. The molecule has 5 nitrogen and oxygen atoms in total. The van der Waals surface area contributed by atoms with Crippen LogP contribution in [0.1, 0.15) is 47.7 Å². The molecule has 31 heavy (non-hydrogen) atoms. The maximum Gasteiger partial charge on any atom is 0.260 e. The number of carbonyl (C=O) groups excluding carboxylic acids is 1. The van der Waals surface area contributed by atoms with Gasteiger partial charge in [0.2, 0.25) is 0 Å². The van der Waals surface area contributed by atoms with Crippen LogP contribution in [0.15, 0.2) is 67.1 Å². The zero-order chi connectivity index (χ0) is 21.6. The molecule has 2 aromatic heterocycles. The predicted molar refractivity (Wildman–Crippen MR) is 125 cm³/mol. The van der Waals surface area contributed by atoms with Gasteiger partial charge in [-0.15, -0.1) is 0 Å². The largest absolute Gasteiger partial charge is 0.357 e. The maximum absolute atomic E-state index is 13.3. The van der Waals surface area contributed by atoms with E-state index in [1.807, 2.05) is 37.4 Å². The van der Waals surface area contributed by atoms with Crippen LogP contribution in [-0.2, 0) is 6.54 Å². The molecule has 0 N–H and O–H groups in total. The summed E-state index contributed by atoms with van der Waals surface area (Å²) in [6, 6.07) is 15.8. The summed E-state index contributed by atoms with van der Waals surface area (Å²) in [5, 5.41) is 0. The first-order chi connectivity index (χ1) is 15.1. The van der Waals surface area contributed by atoms with Crippen molar-refractivity contribution in [3.8, 4) is 0 Å². The third kappa shape index (κ3) is 5.29. The van der Waals surface area contributed by atoms with E-state index in [1.165, 1.54) is 19.3 Å². The SMILES string of the molecule is Cc1ccc(N(Cc2ccc(N3CCCC(C)CC3)nc2)C(=O)c2cccnc2)cc1. The van der Waals surface area contributed by atoms with E-state index in [0.29, 0.717) is 12.1 Å². The van der Waals surface area contributed by atoms with Crippen molar-refractivity contribution < 1.29 is 4.79 Å². The minimum Gasteiger partial charge on any atom is -0.357 e. The van der Waals surface area contributed by atoms with Crippen LogP contribution in [0.25, 0.3) is 0 Å². The molecule has 1 aliphatic rings. The fraction of sp³-hybridized carbons (Fsp3) is 0.346. The molecule has 1 aromatic carbocycles. The number of rotatable bonds is 5. The number of amides is 1. The van der Waals surface area contributed by atoms with E-state index in [0.717, 1.165) is 41.6 Å². The lowest BCUT2D eigenvalue weighted by Crippen LogP contribution is -2.30. The highest BCUT2D eigenvalue weighted by atomic mass is 16.2. The van der Waals surface area contributed by atoms with Gasteiger partial charge in [0.1, 0.15) is 5.82 Å². The lowest BCUT2D eigenvalue weighted by molar-refractivity contribution is 0.0984. The number of hydrogen-bond acceptors (Lipinski definition) is 4. The average molecular weight is 415 g/mol. The van der Waals surface area contributed by atoms with Crippen molar-refractivity contribution in [3.05, 3.63) is 83.8 Å². The van der Waals surface area contributed by atoms with E-state index in [1.54, 1.807) is 29.4 Å². The molecule has 3 aromatic rings. The van der Waals surface area contributed by atoms with Crippen LogP contribution in [0.2, 0.25) is 0 Å². The molecule has 1 aliphatic heterocycles. The van der Waals surface area contributed by atoms with Crippen molar-refractivity contribution in [2.45, 2.75) is 39.7 Å². The summed E-state index contributed by atoms with van der Waals surface area (Å²) in [5.41, 5.74) is 3.61. The molecule has 5 heteroatoms. The summed E-state index contributed by atoms with van der Waals surface area (Å²) >= 11 is 0. The normalized spacial score (nSPS) is 16.6. The molecule has 160 valence electrons. The number of carbonyl (C=O) groups is 1. The maximum atomic E-state index is 13.3. The second-order valence-electron chi connectivity index (χ2n) is 8.52. The van der Waals surface area contributed by atoms with Gasteiger partial charge in [-0.1, -0.05) is 30.7 Å². The van der Waals surface area contributed by atoms with Gasteiger partial charge in [0.05, 0.1) is 12.1 Å². The van der Waals surface area contributed by atoms with Crippen molar-refractivity contribution in [3.63, 3.8) is 0 Å². The predicted octanol–water partition coefficient (Wildman–Crippen LogP) is 5.26. The van der Waals surface area contributed by atoms with Gasteiger partial charge in [0, 0.05) is 37.4 Å². The van der Waals surface area contributed by atoms with Gasteiger partial charge in [0.25, 0.3) is 5.91 Å². The van der Waals surface area contributed by atoms with Crippen molar-refractivity contribution in [1.29, 1.82) is 0 Å². The van der Waals surface area contributed by atoms with E-state index in [-0.39, 0.29) is 5.91 Å². The highest BCUT2D eigenvalue weighted by molar-refractivity contribution is 6.05. The number of nitrogens with zero attached hydrogens (tertiary/aromatic N) is 4. The molecule has 0 spiro atoms. The molecule has 1 amide bonds. The van der Waals surface area contributed by atoms with Crippen molar-refractivity contribution in [2.24, 2.45) is 5.92 Å². The second kappa shape index (κ2) is 9.73. The van der Waals surface area contributed by atoms with Crippen molar-refractivity contribution in [1.82, 2.24) is 9.97 Å². The fourth-order valence-electron chi connectivity index (χ4n) is 4.02. The Morgan fingerprint density at radius 1 is 1.06 bits per heavy atom. The van der Waals surface area contributed by atoms with E-state index in [9.17, 15) is 4.79 Å². The molecular formula is C26H30N4O. The van der Waals surface area contributed by atoms with E-state index < -0.39 is 0 Å². The molecule has 3 heterocycles. The van der Waals surface area contributed by atoms with Crippen LogP contribution >= 0.6 is 0 Å². The Hall–Kier alpha value is -3.21. The van der Waals surface area contributed by atoms with Crippen LogP contribution in [0.3, 0.4) is 0 Å². The first-order valence-electron chi connectivity index (χ1n) is 11.1. The molecule has 1 atom stereocenters. The lowest BCUT2D eigenvalue weighted by atomic mass is 10.0. The van der Waals surface area contributed by atoms with Gasteiger partial charge in [-0.3, -0.25) is 9.78 Å². The van der Waals surface area contributed by atoms with Crippen LogP contribution in [0, 0.1) is 12.8 Å². The van der Waals surface area contributed by atoms with Crippen LogP contribution < -0.4 is 9.80 Å². The van der Waals surface area contributed by atoms with Crippen LogP contribution in [-0.4, -0.2) is 29.0 Å². The minimum atomic E-state index is -0.0671. The van der Waals surface area contributed by atoms with Gasteiger partial charge >= 0.3 is 0 Å². The molecule has 1 unspecified atom stereocenters. The quantitative estimate of drug-likeness (QED) is 0.571. The highest BCUT2D eigenvalue weighted by Crippen LogP contribution is 2.23. The van der Waals surface area contributed by atoms with Crippen molar-refractivity contribution in [2.75, 3.05) is 22.9 Å². The van der Waals surface area contributed by atoms with Crippen molar-refractivity contribution >= 4 is 17.4 Å². The van der Waals surface area contributed by atoms with Gasteiger partial charge < -0.3 is 9.80 Å². The first-order valence-corrected chi connectivity index (χ1v) is 11.1. The molecular weight excluding hydrogens is 384 g/mol. The number of hydrogen-bond donors (Lipinski definition) is 0. The van der Waals surface area contributed by atoms with Gasteiger partial charge in [-0.2, -0.15) is 0 Å².